The minimum absolute atomic E-state index is 0.310. The highest BCUT2D eigenvalue weighted by Gasteiger charge is 2.15. The molecule has 108 valence electrons. The van der Waals surface area contributed by atoms with Gasteiger partial charge in [0.05, 0.1) is 13.4 Å². The summed E-state index contributed by atoms with van der Waals surface area (Å²) in [5, 5.41) is 3.66. The van der Waals surface area contributed by atoms with Gasteiger partial charge in [0.15, 0.2) is 10.8 Å². The van der Waals surface area contributed by atoms with E-state index in [2.05, 4.69) is 19.8 Å². The SMILES string of the molecule is COC(=O)c1nc(NCCCNS(C)(=O)=O)sc1C. The molecule has 0 unspecified atom stereocenters. The van der Waals surface area contributed by atoms with Gasteiger partial charge in [-0.05, 0) is 13.3 Å². The van der Waals surface area contributed by atoms with E-state index < -0.39 is 16.0 Å². The van der Waals surface area contributed by atoms with E-state index in [1.807, 2.05) is 0 Å². The summed E-state index contributed by atoms with van der Waals surface area (Å²) >= 11 is 1.36. The third kappa shape index (κ3) is 5.53. The smallest absolute Gasteiger partial charge is 0.357 e. The van der Waals surface area contributed by atoms with Gasteiger partial charge in [-0.2, -0.15) is 0 Å². The van der Waals surface area contributed by atoms with Crippen LogP contribution in [0.4, 0.5) is 5.13 Å². The second-order valence-electron chi connectivity index (χ2n) is 3.86. The van der Waals surface area contributed by atoms with Crippen molar-refractivity contribution in [2.45, 2.75) is 13.3 Å². The molecule has 1 heterocycles. The molecule has 0 fully saturated rings. The fourth-order valence-electron chi connectivity index (χ4n) is 1.30. The first-order valence-electron chi connectivity index (χ1n) is 5.57. The van der Waals surface area contributed by atoms with E-state index in [0.29, 0.717) is 30.3 Å². The van der Waals surface area contributed by atoms with Gasteiger partial charge in [0.25, 0.3) is 0 Å². The number of carbonyl (C=O) groups is 1. The zero-order valence-electron chi connectivity index (χ0n) is 11.0. The summed E-state index contributed by atoms with van der Waals surface area (Å²) in [5.41, 5.74) is 0.310. The number of hydrogen-bond acceptors (Lipinski definition) is 7. The quantitative estimate of drug-likeness (QED) is 0.565. The average molecular weight is 307 g/mol. The molecule has 2 N–H and O–H groups in total. The lowest BCUT2D eigenvalue weighted by molar-refractivity contribution is 0.0594. The van der Waals surface area contributed by atoms with Crippen LogP contribution < -0.4 is 10.0 Å². The van der Waals surface area contributed by atoms with Crippen LogP contribution in [-0.2, 0) is 14.8 Å². The van der Waals surface area contributed by atoms with Crippen LogP contribution in [0.2, 0.25) is 0 Å². The lowest BCUT2D eigenvalue weighted by Gasteiger charge is -2.03. The lowest BCUT2D eigenvalue weighted by Crippen LogP contribution is -2.24. The molecule has 19 heavy (non-hydrogen) atoms. The van der Waals surface area contributed by atoms with Crippen molar-refractivity contribution in [2.24, 2.45) is 0 Å². The number of nitrogens with zero attached hydrogens (tertiary/aromatic N) is 1. The van der Waals surface area contributed by atoms with Gasteiger partial charge in [0.1, 0.15) is 0 Å². The van der Waals surface area contributed by atoms with Crippen LogP contribution in [0.15, 0.2) is 0 Å². The van der Waals surface area contributed by atoms with Crippen molar-refractivity contribution in [2.75, 3.05) is 31.8 Å². The predicted octanol–water partition coefficient (Wildman–Crippen LogP) is 0.589. The van der Waals surface area contributed by atoms with Gasteiger partial charge in [0, 0.05) is 18.0 Å². The Morgan fingerprint density at radius 3 is 2.68 bits per heavy atom. The number of thiazole rings is 1. The number of anilines is 1. The minimum Gasteiger partial charge on any atom is -0.464 e. The number of carbonyl (C=O) groups excluding carboxylic acids is 1. The highest BCUT2D eigenvalue weighted by molar-refractivity contribution is 7.88. The number of aryl methyl sites for hydroxylation is 1. The van der Waals surface area contributed by atoms with Crippen LogP contribution in [0.5, 0.6) is 0 Å². The van der Waals surface area contributed by atoms with Crippen molar-refractivity contribution in [3.8, 4) is 0 Å². The van der Waals surface area contributed by atoms with Crippen molar-refractivity contribution in [3.63, 3.8) is 0 Å². The molecule has 7 nitrogen and oxygen atoms in total. The number of aromatic nitrogens is 1. The first-order valence-corrected chi connectivity index (χ1v) is 8.28. The Balaban J connectivity index is 2.40. The maximum Gasteiger partial charge on any atom is 0.357 e. The number of sulfonamides is 1. The van der Waals surface area contributed by atoms with E-state index in [1.165, 1.54) is 18.4 Å². The summed E-state index contributed by atoms with van der Waals surface area (Å²) in [7, 11) is -1.83. The highest BCUT2D eigenvalue weighted by atomic mass is 32.2. The van der Waals surface area contributed by atoms with Crippen LogP contribution in [0.1, 0.15) is 21.8 Å². The van der Waals surface area contributed by atoms with Gasteiger partial charge in [-0.25, -0.2) is 22.9 Å². The number of rotatable bonds is 7. The van der Waals surface area contributed by atoms with Gasteiger partial charge in [-0.1, -0.05) is 0 Å². The molecular weight excluding hydrogens is 290 g/mol. The van der Waals surface area contributed by atoms with Crippen LogP contribution in [-0.4, -0.2) is 45.8 Å². The van der Waals surface area contributed by atoms with Crippen molar-refractivity contribution < 1.29 is 17.9 Å². The minimum atomic E-state index is -3.14. The van der Waals surface area contributed by atoms with Crippen molar-refractivity contribution in [1.82, 2.24) is 9.71 Å². The molecule has 0 aliphatic heterocycles. The molecule has 0 saturated heterocycles. The second-order valence-corrected chi connectivity index (χ2v) is 6.90. The van der Waals surface area contributed by atoms with E-state index in [-0.39, 0.29) is 0 Å². The van der Waals surface area contributed by atoms with Gasteiger partial charge < -0.3 is 10.1 Å². The van der Waals surface area contributed by atoms with E-state index in [9.17, 15) is 13.2 Å². The molecule has 0 atom stereocenters. The topological polar surface area (TPSA) is 97.4 Å². The standard InChI is InChI=1S/C10H17N3O4S2/c1-7-8(9(14)17-2)13-10(18-7)11-5-4-6-12-19(3,15)16/h12H,4-6H2,1-3H3,(H,11,13). The zero-order valence-corrected chi connectivity index (χ0v) is 12.7. The Labute approximate surface area is 116 Å². The number of nitrogens with one attached hydrogen (secondary N) is 2. The predicted molar refractivity (Wildman–Crippen MR) is 74.1 cm³/mol. The molecule has 0 radical (unpaired) electrons. The first kappa shape index (κ1) is 15.9. The molecule has 1 aromatic rings. The van der Waals surface area contributed by atoms with E-state index in [4.69, 9.17) is 0 Å². The largest absolute Gasteiger partial charge is 0.464 e. The fourth-order valence-corrected chi connectivity index (χ4v) is 2.64. The molecule has 0 amide bonds. The Morgan fingerprint density at radius 1 is 1.42 bits per heavy atom. The van der Waals surface area contributed by atoms with Crippen LogP contribution in [0, 0.1) is 6.92 Å². The van der Waals surface area contributed by atoms with Crippen LogP contribution >= 0.6 is 11.3 Å². The summed E-state index contributed by atoms with van der Waals surface area (Å²) in [4.78, 5) is 16.3. The normalized spacial score (nSPS) is 11.3. The summed E-state index contributed by atoms with van der Waals surface area (Å²) in [6.45, 7) is 2.72. The molecule has 1 rings (SSSR count). The van der Waals surface area contributed by atoms with Crippen LogP contribution in [0.25, 0.3) is 0 Å². The maximum atomic E-state index is 11.4. The van der Waals surface area contributed by atoms with Crippen molar-refractivity contribution >= 4 is 32.5 Å². The molecular formula is C10H17N3O4S2. The number of hydrogen-bond donors (Lipinski definition) is 2. The summed E-state index contributed by atoms with van der Waals surface area (Å²) in [5.74, 6) is -0.458. The third-order valence-electron chi connectivity index (χ3n) is 2.17. The Kier molecular flexibility index (Phi) is 5.70. The average Bonchev–Trinajstić information content (AvgIpc) is 2.67. The fraction of sp³-hybridized carbons (Fsp3) is 0.600. The van der Waals surface area contributed by atoms with Gasteiger partial charge in [-0.3, -0.25) is 0 Å². The second kappa shape index (κ2) is 6.83. The van der Waals surface area contributed by atoms with E-state index >= 15 is 0 Å². The number of methoxy groups -OCH3 is 1. The van der Waals surface area contributed by atoms with Gasteiger partial charge in [-0.15, -0.1) is 11.3 Å². The maximum absolute atomic E-state index is 11.4. The molecule has 0 aliphatic carbocycles. The van der Waals surface area contributed by atoms with E-state index in [0.717, 1.165) is 11.1 Å². The molecule has 0 bridgehead atoms. The molecule has 0 aromatic carbocycles. The van der Waals surface area contributed by atoms with Crippen molar-refractivity contribution in [3.05, 3.63) is 10.6 Å². The molecule has 9 heteroatoms. The lowest BCUT2D eigenvalue weighted by atomic mass is 10.4. The monoisotopic (exact) mass is 307 g/mol. The van der Waals surface area contributed by atoms with Gasteiger partial charge >= 0.3 is 5.97 Å². The van der Waals surface area contributed by atoms with Crippen LogP contribution in [0.3, 0.4) is 0 Å². The zero-order chi connectivity index (χ0) is 14.5. The Bertz CT molecular complexity index is 539. The third-order valence-corrected chi connectivity index (χ3v) is 3.83. The molecule has 0 spiro atoms. The summed E-state index contributed by atoms with van der Waals surface area (Å²) in [6.07, 6.45) is 1.74. The van der Waals surface area contributed by atoms with E-state index in [1.54, 1.807) is 6.92 Å². The molecule has 0 aliphatic rings. The summed E-state index contributed by atoms with van der Waals surface area (Å²) in [6, 6.07) is 0. The Morgan fingerprint density at radius 2 is 2.11 bits per heavy atom. The number of ether oxygens (including phenoxy) is 1. The number of esters is 1. The first-order chi connectivity index (χ1) is 8.83. The van der Waals surface area contributed by atoms with Gasteiger partial charge in [0.2, 0.25) is 10.0 Å². The highest BCUT2D eigenvalue weighted by Crippen LogP contribution is 2.22. The molecule has 0 saturated carbocycles. The molecule has 1 aromatic heterocycles. The van der Waals surface area contributed by atoms with Crippen molar-refractivity contribution in [1.29, 1.82) is 0 Å². The summed E-state index contributed by atoms with van der Waals surface area (Å²) < 4.78 is 28.7. The Hall–Kier alpha value is -1.19.